The first-order valence-corrected chi connectivity index (χ1v) is 9.92. The molecule has 0 N–H and O–H groups in total. The van der Waals surface area contributed by atoms with Crippen molar-refractivity contribution in [3.05, 3.63) is 59.2 Å². The Hall–Kier alpha value is -2.60. The summed E-state index contributed by atoms with van der Waals surface area (Å²) < 4.78 is 33.4. The highest BCUT2D eigenvalue weighted by Crippen LogP contribution is 2.36. The van der Waals surface area contributed by atoms with Gasteiger partial charge in [0.25, 0.3) is 10.0 Å². The van der Waals surface area contributed by atoms with E-state index in [1.54, 1.807) is 12.1 Å². The Bertz CT molecular complexity index is 1120. The number of pyridine rings is 1. The van der Waals surface area contributed by atoms with Gasteiger partial charge in [0.2, 0.25) is 0 Å². The Kier molecular flexibility index (Phi) is 3.88. The third-order valence-electron chi connectivity index (χ3n) is 4.74. The van der Waals surface area contributed by atoms with Crippen molar-refractivity contribution in [1.82, 2.24) is 4.98 Å². The quantitative estimate of drug-likeness (QED) is 0.709. The molecule has 0 bridgehead atoms. The molecule has 0 unspecified atom stereocenters. The van der Waals surface area contributed by atoms with E-state index in [4.69, 9.17) is 4.74 Å². The maximum atomic E-state index is 13.3. The van der Waals surface area contributed by atoms with Crippen LogP contribution in [-0.4, -0.2) is 27.1 Å². The third-order valence-corrected chi connectivity index (χ3v) is 6.55. The van der Waals surface area contributed by atoms with Gasteiger partial charge in [0.1, 0.15) is 16.5 Å². The SMILES string of the molecule is COc1ccc(C)cc1S(=O)(=O)N1CCc2cc3ccc(C)cc3nc21. The Labute approximate surface area is 153 Å². The van der Waals surface area contributed by atoms with Crippen molar-refractivity contribution in [3.63, 3.8) is 0 Å². The smallest absolute Gasteiger partial charge is 0.269 e. The Morgan fingerprint density at radius 1 is 1.04 bits per heavy atom. The zero-order valence-electron chi connectivity index (χ0n) is 15.0. The van der Waals surface area contributed by atoms with Crippen LogP contribution in [0.25, 0.3) is 10.9 Å². The molecule has 6 heteroatoms. The first-order chi connectivity index (χ1) is 12.4. The topological polar surface area (TPSA) is 59.5 Å². The second kappa shape index (κ2) is 5.99. The molecule has 1 aromatic heterocycles. The summed E-state index contributed by atoms with van der Waals surface area (Å²) >= 11 is 0. The summed E-state index contributed by atoms with van der Waals surface area (Å²) in [5.41, 5.74) is 3.72. The van der Waals surface area contributed by atoms with Gasteiger partial charge >= 0.3 is 0 Å². The van der Waals surface area contributed by atoms with Crippen LogP contribution >= 0.6 is 0 Å². The third kappa shape index (κ3) is 2.61. The molecule has 0 amide bonds. The Morgan fingerprint density at radius 3 is 2.54 bits per heavy atom. The van der Waals surface area contributed by atoms with Crippen molar-refractivity contribution in [2.24, 2.45) is 0 Å². The van der Waals surface area contributed by atoms with E-state index < -0.39 is 10.0 Å². The van der Waals surface area contributed by atoms with Crippen LogP contribution in [0, 0.1) is 13.8 Å². The molecule has 5 nitrogen and oxygen atoms in total. The summed E-state index contributed by atoms with van der Waals surface area (Å²) in [7, 11) is -2.27. The maximum Gasteiger partial charge on any atom is 0.269 e. The number of hydrogen-bond acceptors (Lipinski definition) is 4. The van der Waals surface area contributed by atoms with E-state index in [0.717, 1.165) is 27.6 Å². The van der Waals surface area contributed by atoms with Crippen molar-refractivity contribution in [2.75, 3.05) is 18.0 Å². The fourth-order valence-corrected chi connectivity index (χ4v) is 5.07. The lowest BCUT2D eigenvalue weighted by Gasteiger charge is -2.20. The molecule has 0 spiro atoms. The number of methoxy groups -OCH3 is 1. The minimum Gasteiger partial charge on any atom is -0.495 e. The van der Waals surface area contributed by atoms with Crippen molar-refractivity contribution in [3.8, 4) is 5.75 Å². The number of sulfonamides is 1. The lowest BCUT2D eigenvalue weighted by atomic mass is 10.1. The second-order valence-corrected chi connectivity index (χ2v) is 8.48. The number of hydrogen-bond donors (Lipinski definition) is 0. The number of anilines is 1. The summed E-state index contributed by atoms with van der Waals surface area (Å²) in [4.78, 5) is 4.85. The molecule has 0 saturated carbocycles. The number of fused-ring (bicyclic) bond motifs is 2. The Balaban J connectivity index is 1.87. The molecule has 0 atom stereocenters. The standard InChI is InChI=1S/C20H20N2O3S/c1-13-4-6-15-12-16-8-9-22(20(16)21-17(15)10-13)26(23,24)19-11-14(2)5-7-18(19)25-3/h4-7,10-12H,8-9H2,1-3H3. The molecule has 0 radical (unpaired) electrons. The Morgan fingerprint density at radius 2 is 1.77 bits per heavy atom. The van der Waals surface area contributed by atoms with E-state index in [2.05, 4.69) is 4.98 Å². The van der Waals surface area contributed by atoms with Crippen LogP contribution in [0.2, 0.25) is 0 Å². The minimum absolute atomic E-state index is 0.180. The number of aromatic nitrogens is 1. The number of benzene rings is 2. The van der Waals surface area contributed by atoms with E-state index in [1.807, 2.05) is 44.2 Å². The van der Waals surface area contributed by atoms with Gasteiger partial charge < -0.3 is 4.74 Å². The first-order valence-electron chi connectivity index (χ1n) is 8.48. The van der Waals surface area contributed by atoms with E-state index >= 15 is 0 Å². The lowest BCUT2D eigenvalue weighted by Crippen LogP contribution is -2.30. The van der Waals surface area contributed by atoms with Gasteiger partial charge in [-0.05, 0) is 61.2 Å². The number of rotatable bonds is 3. The number of ether oxygens (including phenoxy) is 1. The van der Waals surface area contributed by atoms with Gasteiger partial charge in [-0.15, -0.1) is 0 Å². The lowest BCUT2D eigenvalue weighted by molar-refractivity contribution is 0.402. The minimum atomic E-state index is -3.75. The normalized spacial score (nSPS) is 13.9. The molecule has 134 valence electrons. The van der Waals surface area contributed by atoms with Crippen LogP contribution in [-0.2, 0) is 16.4 Å². The highest BCUT2D eigenvalue weighted by Gasteiger charge is 2.34. The number of aryl methyl sites for hydroxylation is 2. The molecule has 0 aliphatic carbocycles. The van der Waals surface area contributed by atoms with Crippen molar-refractivity contribution < 1.29 is 13.2 Å². The van der Waals surface area contributed by atoms with Gasteiger partial charge in [0.15, 0.2) is 0 Å². The van der Waals surface area contributed by atoms with Gasteiger partial charge in [-0.3, -0.25) is 0 Å². The molecule has 2 aromatic carbocycles. The molecule has 2 heterocycles. The molecule has 0 saturated heterocycles. The summed E-state index contributed by atoms with van der Waals surface area (Å²) in [5, 5.41) is 1.03. The average molecular weight is 368 g/mol. The molecule has 4 rings (SSSR count). The second-order valence-electron chi connectivity index (χ2n) is 6.65. The number of nitrogens with zero attached hydrogens (tertiary/aromatic N) is 2. The van der Waals surface area contributed by atoms with Crippen LogP contribution in [0.15, 0.2) is 47.4 Å². The van der Waals surface area contributed by atoms with Crippen LogP contribution in [0.4, 0.5) is 5.82 Å². The largest absolute Gasteiger partial charge is 0.495 e. The zero-order valence-corrected chi connectivity index (χ0v) is 15.8. The van der Waals surface area contributed by atoms with E-state index in [1.165, 1.54) is 11.4 Å². The molecule has 1 aliphatic rings. The van der Waals surface area contributed by atoms with E-state index in [9.17, 15) is 8.42 Å². The fraction of sp³-hybridized carbons (Fsp3) is 0.250. The van der Waals surface area contributed by atoms with Crippen LogP contribution < -0.4 is 9.04 Å². The molecule has 26 heavy (non-hydrogen) atoms. The fourth-order valence-electron chi connectivity index (χ4n) is 3.38. The van der Waals surface area contributed by atoms with Crippen LogP contribution in [0.1, 0.15) is 16.7 Å². The van der Waals surface area contributed by atoms with E-state index in [0.29, 0.717) is 24.5 Å². The first kappa shape index (κ1) is 16.8. The molecular formula is C20H20N2O3S. The predicted octanol–water partition coefficient (Wildman–Crippen LogP) is 3.61. The van der Waals surface area contributed by atoms with E-state index in [-0.39, 0.29) is 4.90 Å². The highest BCUT2D eigenvalue weighted by molar-refractivity contribution is 7.93. The van der Waals surface area contributed by atoms with Gasteiger partial charge in [0, 0.05) is 11.9 Å². The highest BCUT2D eigenvalue weighted by atomic mass is 32.2. The maximum absolute atomic E-state index is 13.3. The zero-order chi connectivity index (χ0) is 18.5. The average Bonchev–Trinajstić information content (AvgIpc) is 3.03. The molecule has 1 aliphatic heterocycles. The van der Waals surface area contributed by atoms with Gasteiger partial charge in [0.05, 0.1) is 12.6 Å². The summed E-state index contributed by atoms with van der Waals surface area (Å²) in [5.74, 6) is 0.868. The molecule has 0 fully saturated rings. The van der Waals surface area contributed by atoms with Crippen molar-refractivity contribution >= 4 is 26.7 Å². The van der Waals surface area contributed by atoms with Gasteiger partial charge in [-0.2, -0.15) is 0 Å². The van der Waals surface area contributed by atoms with Crippen LogP contribution in [0.3, 0.4) is 0 Å². The molecular weight excluding hydrogens is 348 g/mol. The summed E-state index contributed by atoms with van der Waals surface area (Å²) in [6.45, 7) is 4.25. The van der Waals surface area contributed by atoms with Crippen molar-refractivity contribution in [2.45, 2.75) is 25.2 Å². The summed E-state index contributed by atoms with van der Waals surface area (Å²) in [6, 6.07) is 13.3. The van der Waals surface area contributed by atoms with Crippen LogP contribution in [0.5, 0.6) is 5.75 Å². The monoisotopic (exact) mass is 368 g/mol. The summed E-state index contributed by atoms with van der Waals surface area (Å²) in [6.07, 6.45) is 0.652. The predicted molar refractivity (Wildman–Crippen MR) is 102 cm³/mol. The van der Waals surface area contributed by atoms with Gasteiger partial charge in [-0.25, -0.2) is 17.7 Å². The van der Waals surface area contributed by atoms with Gasteiger partial charge in [-0.1, -0.05) is 18.2 Å². The molecule has 3 aromatic rings. The van der Waals surface area contributed by atoms with Crippen molar-refractivity contribution in [1.29, 1.82) is 0 Å².